The van der Waals surface area contributed by atoms with Gasteiger partial charge < -0.3 is 15.5 Å². The molecule has 1 saturated heterocycles. The van der Waals surface area contributed by atoms with Crippen LogP contribution in [0.15, 0.2) is 42.5 Å². The summed E-state index contributed by atoms with van der Waals surface area (Å²) in [6, 6.07) is 14.4. The first-order valence-electron chi connectivity index (χ1n) is 11.6. The first-order valence-corrected chi connectivity index (χ1v) is 11.6. The molecule has 4 nitrogen and oxygen atoms in total. The number of rotatable bonds is 4. The van der Waals surface area contributed by atoms with Crippen molar-refractivity contribution in [2.24, 2.45) is 0 Å². The van der Waals surface area contributed by atoms with E-state index in [-0.39, 0.29) is 5.82 Å². The number of pyridine rings is 1. The van der Waals surface area contributed by atoms with Crippen molar-refractivity contribution in [3.05, 3.63) is 65.0 Å². The fraction of sp³-hybridized carbons (Fsp3) is 0.423. The van der Waals surface area contributed by atoms with Gasteiger partial charge in [0.15, 0.2) is 0 Å². The lowest BCUT2D eigenvalue weighted by Crippen LogP contribution is -2.39. The lowest BCUT2D eigenvalue weighted by Gasteiger charge is -2.26. The van der Waals surface area contributed by atoms with Gasteiger partial charge in [0.1, 0.15) is 11.6 Å². The van der Waals surface area contributed by atoms with Crippen molar-refractivity contribution in [3.8, 4) is 0 Å². The third kappa shape index (κ3) is 4.52. The molecule has 5 rings (SSSR count). The monoisotopic (exact) mass is 418 g/mol. The predicted octanol–water partition coefficient (Wildman–Crippen LogP) is 5.19. The molecule has 0 amide bonds. The summed E-state index contributed by atoms with van der Waals surface area (Å²) in [4.78, 5) is 7.31. The van der Waals surface area contributed by atoms with Crippen LogP contribution in [0.4, 0.5) is 15.9 Å². The van der Waals surface area contributed by atoms with Crippen LogP contribution < -0.4 is 15.5 Å². The van der Waals surface area contributed by atoms with Crippen molar-refractivity contribution in [1.29, 1.82) is 0 Å². The molecule has 1 unspecified atom stereocenters. The van der Waals surface area contributed by atoms with Gasteiger partial charge in [-0.05, 0) is 74.5 Å². The molecule has 2 aliphatic heterocycles. The fourth-order valence-electron chi connectivity index (χ4n) is 4.89. The first kappa shape index (κ1) is 20.3. The molecule has 0 spiro atoms. The molecule has 0 radical (unpaired) electrons. The van der Waals surface area contributed by atoms with E-state index in [9.17, 15) is 4.39 Å². The van der Waals surface area contributed by atoms with Crippen LogP contribution in [0.3, 0.4) is 0 Å². The van der Waals surface area contributed by atoms with E-state index < -0.39 is 0 Å². The highest BCUT2D eigenvalue weighted by Gasteiger charge is 2.19. The Hall–Kier alpha value is -2.66. The van der Waals surface area contributed by atoms with Gasteiger partial charge in [-0.25, -0.2) is 9.37 Å². The van der Waals surface area contributed by atoms with Gasteiger partial charge in [-0.3, -0.25) is 0 Å². The third-order valence-corrected chi connectivity index (χ3v) is 6.63. The summed E-state index contributed by atoms with van der Waals surface area (Å²) in [6.45, 7) is 5.77. The number of aromatic nitrogens is 1. The van der Waals surface area contributed by atoms with E-state index in [1.807, 2.05) is 6.07 Å². The fourth-order valence-corrected chi connectivity index (χ4v) is 4.89. The van der Waals surface area contributed by atoms with Crippen LogP contribution in [-0.4, -0.2) is 30.7 Å². The SMILES string of the molecule is Cc1ccc2nc(N3CCCc4ccc(F)cc4C3)cc(NCC3CCCCN3)c2c1. The van der Waals surface area contributed by atoms with Crippen LogP contribution >= 0.6 is 0 Å². The number of piperidine rings is 1. The van der Waals surface area contributed by atoms with Gasteiger partial charge in [0.2, 0.25) is 0 Å². The Morgan fingerprint density at radius 3 is 2.90 bits per heavy atom. The molecule has 2 aliphatic rings. The molecular formula is C26H31FN4. The van der Waals surface area contributed by atoms with E-state index >= 15 is 0 Å². The van der Waals surface area contributed by atoms with Crippen LogP contribution in [0.25, 0.3) is 10.9 Å². The molecule has 3 heterocycles. The molecule has 0 saturated carbocycles. The zero-order valence-corrected chi connectivity index (χ0v) is 18.3. The summed E-state index contributed by atoms with van der Waals surface area (Å²) in [6.07, 6.45) is 5.81. The van der Waals surface area contributed by atoms with Gasteiger partial charge in [-0.15, -0.1) is 0 Å². The lowest BCUT2D eigenvalue weighted by atomic mass is 10.0. The van der Waals surface area contributed by atoms with E-state index in [1.54, 1.807) is 12.1 Å². The van der Waals surface area contributed by atoms with E-state index in [4.69, 9.17) is 4.98 Å². The molecule has 31 heavy (non-hydrogen) atoms. The average Bonchev–Trinajstić information content (AvgIpc) is 3.00. The molecule has 5 heteroatoms. The van der Waals surface area contributed by atoms with Crippen LogP contribution in [0.5, 0.6) is 0 Å². The zero-order chi connectivity index (χ0) is 21.2. The maximum Gasteiger partial charge on any atom is 0.131 e. The number of benzene rings is 2. The van der Waals surface area contributed by atoms with Gasteiger partial charge in [0, 0.05) is 42.8 Å². The second-order valence-electron chi connectivity index (χ2n) is 9.01. The summed E-state index contributed by atoms with van der Waals surface area (Å²) in [7, 11) is 0. The largest absolute Gasteiger partial charge is 0.383 e. The van der Waals surface area contributed by atoms with E-state index in [0.717, 1.165) is 55.1 Å². The number of hydrogen-bond donors (Lipinski definition) is 2. The second-order valence-corrected chi connectivity index (χ2v) is 9.01. The summed E-state index contributed by atoms with van der Waals surface area (Å²) in [5.74, 6) is 0.803. The number of nitrogens with one attached hydrogen (secondary N) is 2. The number of hydrogen-bond acceptors (Lipinski definition) is 4. The standard InChI is InChI=1S/C26H31FN4/c1-18-7-10-24-23(13-18)25(29-16-22-6-2-3-11-28-22)15-26(30-24)31-12-4-5-19-8-9-21(27)14-20(19)17-31/h7-10,13-15,22,28H,2-6,11-12,16-17H2,1H3,(H,29,30). The highest BCUT2D eigenvalue weighted by atomic mass is 19.1. The van der Waals surface area contributed by atoms with Crippen molar-refractivity contribution < 1.29 is 4.39 Å². The smallest absolute Gasteiger partial charge is 0.131 e. The molecule has 2 N–H and O–H groups in total. The topological polar surface area (TPSA) is 40.2 Å². The summed E-state index contributed by atoms with van der Waals surface area (Å²) in [5, 5.41) is 8.51. The predicted molar refractivity (Wildman–Crippen MR) is 126 cm³/mol. The molecule has 0 bridgehead atoms. The molecule has 1 atom stereocenters. The van der Waals surface area contributed by atoms with Crippen molar-refractivity contribution in [1.82, 2.24) is 10.3 Å². The van der Waals surface area contributed by atoms with Crippen LogP contribution in [0, 0.1) is 12.7 Å². The summed E-state index contributed by atoms with van der Waals surface area (Å²) < 4.78 is 13.9. The van der Waals surface area contributed by atoms with E-state index in [0.29, 0.717) is 12.6 Å². The van der Waals surface area contributed by atoms with Gasteiger partial charge in [-0.2, -0.15) is 0 Å². The highest BCUT2D eigenvalue weighted by Crippen LogP contribution is 2.31. The van der Waals surface area contributed by atoms with Crippen LogP contribution in [0.2, 0.25) is 0 Å². The minimum Gasteiger partial charge on any atom is -0.383 e. The number of halogens is 1. The van der Waals surface area contributed by atoms with Crippen molar-refractivity contribution >= 4 is 22.4 Å². The summed E-state index contributed by atoms with van der Waals surface area (Å²) >= 11 is 0. The molecule has 1 aromatic heterocycles. The van der Waals surface area contributed by atoms with Gasteiger partial charge in [0.05, 0.1) is 5.52 Å². The first-order chi connectivity index (χ1) is 15.2. The third-order valence-electron chi connectivity index (χ3n) is 6.63. The molecular weight excluding hydrogens is 387 g/mol. The normalized spacial score (nSPS) is 19.2. The molecule has 162 valence electrons. The Bertz CT molecular complexity index is 1070. The number of anilines is 2. The number of nitrogens with zero attached hydrogens (tertiary/aromatic N) is 2. The van der Waals surface area contributed by atoms with E-state index in [1.165, 1.54) is 35.8 Å². The minimum atomic E-state index is -0.162. The van der Waals surface area contributed by atoms with E-state index in [2.05, 4.69) is 46.7 Å². The Labute approximate surface area is 183 Å². The highest BCUT2D eigenvalue weighted by molar-refractivity contribution is 5.93. The Balaban J connectivity index is 1.47. The Morgan fingerprint density at radius 2 is 2.03 bits per heavy atom. The minimum absolute atomic E-state index is 0.162. The molecule has 1 fully saturated rings. The lowest BCUT2D eigenvalue weighted by molar-refractivity contribution is 0.414. The molecule has 0 aliphatic carbocycles. The van der Waals surface area contributed by atoms with Crippen LogP contribution in [0.1, 0.15) is 42.4 Å². The van der Waals surface area contributed by atoms with Crippen molar-refractivity contribution in [2.75, 3.05) is 29.9 Å². The number of aryl methyl sites for hydroxylation is 2. The Kier molecular flexibility index (Phi) is 5.77. The van der Waals surface area contributed by atoms with Gasteiger partial charge >= 0.3 is 0 Å². The maximum absolute atomic E-state index is 13.9. The van der Waals surface area contributed by atoms with Crippen LogP contribution in [-0.2, 0) is 13.0 Å². The van der Waals surface area contributed by atoms with Gasteiger partial charge in [-0.1, -0.05) is 24.1 Å². The average molecular weight is 419 g/mol. The van der Waals surface area contributed by atoms with Gasteiger partial charge in [0.25, 0.3) is 0 Å². The maximum atomic E-state index is 13.9. The van der Waals surface area contributed by atoms with Crippen molar-refractivity contribution in [3.63, 3.8) is 0 Å². The summed E-state index contributed by atoms with van der Waals surface area (Å²) in [5.41, 5.74) is 5.71. The second kappa shape index (κ2) is 8.83. The zero-order valence-electron chi connectivity index (χ0n) is 18.3. The molecule has 2 aromatic carbocycles. The Morgan fingerprint density at radius 1 is 1.10 bits per heavy atom. The quantitative estimate of drug-likeness (QED) is 0.612. The molecule has 3 aromatic rings. The number of fused-ring (bicyclic) bond motifs is 2. The van der Waals surface area contributed by atoms with Crippen molar-refractivity contribution in [2.45, 2.75) is 51.6 Å².